The quantitative estimate of drug-likeness (QED) is 0.138. The number of carboxylic acids is 1. The summed E-state index contributed by atoms with van der Waals surface area (Å²) in [7, 11) is 3.09. The van der Waals surface area contributed by atoms with E-state index in [2.05, 4.69) is 22.6 Å². The van der Waals surface area contributed by atoms with Gasteiger partial charge < -0.3 is 24.1 Å². The number of nitrogens with zero attached hydrogens (tertiary/aromatic N) is 2. The van der Waals surface area contributed by atoms with Crippen molar-refractivity contribution < 1.29 is 33.6 Å². The van der Waals surface area contributed by atoms with Crippen LogP contribution in [0, 0.1) is 3.57 Å². The van der Waals surface area contributed by atoms with Gasteiger partial charge in [0, 0.05) is 5.56 Å². The molecule has 0 saturated heterocycles. The van der Waals surface area contributed by atoms with E-state index in [1.54, 1.807) is 55.9 Å². The van der Waals surface area contributed by atoms with Gasteiger partial charge in [0.2, 0.25) is 0 Å². The maximum atomic E-state index is 14.4. The number of ether oxygens (including phenoxy) is 4. The number of carboxylic acid groups (broad SMARTS) is 1. The lowest BCUT2D eigenvalue weighted by Gasteiger charge is -2.27. The smallest absolute Gasteiger partial charge is 0.338 e. The van der Waals surface area contributed by atoms with E-state index < -0.39 is 18.0 Å². The number of hydrogen-bond acceptors (Lipinski definition) is 9. The van der Waals surface area contributed by atoms with Gasteiger partial charge >= 0.3 is 11.9 Å². The summed E-state index contributed by atoms with van der Waals surface area (Å²) < 4.78 is 25.7. The Labute approximate surface area is 298 Å². The maximum Gasteiger partial charge on any atom is 0.338 e. The number of thiazole rings is 1. The van der Waals surface area contributed by atoms with Gasteiger partial charge in [-0.1, -0.05) is 53.8 Å². The third-order valence-corrected chi connectivity index (χ3v) is 9.83. The average molecular weight is 791 g/mol. The van der Waals surface area contributed by atoms with Gasteiger partial charge in [0.15, 0.2) is 16.3 Å². The molecule has 1 aliphatic rings. The van der Waals surface area contributed by atoms with Crippen LogP contribution in [0.5, 0.6) is 17.2 Å². The number of fused-ring (bicyclic) bond motifs is 2. The third kappa shape index (κ3) is 6.57. The highest BCUT2D eigenvalue weighted by molar-refractivity contribution is 14.1. The molecule has 2 heterocycles. The van der Waals surface area contributed by atoms with Crippen LogP contribution in [-0.2, 0) is 16.1 Å². The van der Waals surface area contributed by atoms with Crippen LogP contribution >= 0.6 is 33.9 Å². The molecule has 6 rings (SSSR count). The molecule has 1 atom stereocenters. The van der Waals surface area contributed by atoms with Crippen molar-refractivity contribution in [2.45, 2.75) is 26.5 Å². The molecule has 0 spiro atoms. The number of hydrogen-bond donors (Lipinski definition) is 1. The minimum absolute atomic E-state index is 0.130. The minimum atomic E-state index is -1.02. The number of halogens is 1. The lowest BCUT2D eigenvalue weighted by atomic mass is 9.90. The van der Waals surface area contributed by atoms with Gasteiger partial charge in [-0.15, -0.1) is 0 Å². The van der Waals surface area contributed by atoms with Crippen molar-refractivity contribution in [1.29, 1.82) is 0 Å². The van der Waals surface area contributed by atoms with Crippen LogP contribution in [-0.4, -0.2) is 42.4 Å². The number of carbonyl (C=O) groups excluding carboxylic acids is 1. The van der Waals surface area contributed by atoms with Gasteiger partial charge in [-0.3, -0.25) is 9.36 Å². The third-order valence-electron chi connectivity index (χ3n) is 8.05. The highest BCUT2D eigenvalue weighted by Gasteiger charge is 2.36. The summed E-state index contributed by atoms with van der Waals surface area (Å²) >= 11 is 3.36. The van der Waals surface area contributed by atoms with E-state index in [0.717, 1.165) is 14.3 Å². The Hall–Kier alpha value is -4.95. The molecule has 0 unspecified atom stereocenters. The van der Waals surface area contributed by atoms with Gasteiger partial charge in [-0.25, -0.2) is 14.6 Å². The van der Waals surface area contributed by atoms with E-state index in [0.29, 0.717) is 49.0 Å². The lowest BCUT2D eigenvalue weighted by Crippen LogP contribution is -2.40. The van der Waals surface area contributed by atoms with Gasteiger partial charge in [-0.2, -0.15) is 0 Å². The lowest BCUT2D eigenvalue weighted by molar-refractivity contribution is -0.139. The summed E-state index contributed by atoms with van der Waals surface area (Å²) in [6.07, 6.45) is 1.76. The van der Waals surface area contributed by atoms with Crippen LogP contribution in [0.3, 0.4) is 0 Å². The van der Waals surface area contributed by atoms with Crippen LogP contribution in [0.4, 0.5) is 0 Å². The Balaban J connectivity index is 1.47. The second-order valence-electron chi connectivity index (χ2n) is 11.0. The summed E-state index contributed by atoms with van der Waals surface area (Å²) in [5.74, 6) is -0.111. The SMILES string of the molecule is CCOC(=O)C1=C(C)N=c2s/c(=C\c3cc(I)c(OCc4cccc(C(=O)O)c4)c(OC)c3)c(=O)n2[C@@H]1c1c(OC)ccc2ccccc12. The van der Waals surface area contributed by atoms with E-state index in [9.17, 15) is 19.5 Å². The summed E-state index contributed by atoms with van der Waals surface area (Å²) in [5.41, 5.74) is 2.61. The van der Waals surface area contributed by atoms with Crippen molar-refractivity contribution in [3.63, 3.8) is 0 Å². The van der Waals surface area contributed by atoms with Gasteiger partial charge in [0.1, 0.15) is 18.4 Å². The first kappa shape index (κ1) is 33.9. The average Bonchev–Trinajstić information content (AvgIpc) is 3.40. The predicted molar refractivity (Wildman–Crippen MR) is 194 cm³/mol. The van der Waals surface area contributed by atoms with Crippen molar-refractivity contribution in [3.8, 4) is 17.2 Å². The van der Waals surface area contributed by atoms with Gasteiger partial charge in [0.25, 0.3) is 5.56 Å². The summed E-state index contributed by atoms with van der Waals surface area (Å²) in [6, 6.07) is 20.9. The van der Waals surface area contributed by atoms with Crippen molar-refractivity contribution in [2.24, 2.45) is 4.99 Å². The molecule has 0 aliphatic carbocycles. The first-order valence-corrected chi connectivity index (χ1v) is 17.1. The van der Waals surface area contributed by atoms with Crippen LogP contribution in [0.15, 0.2) is 93.9 Å². The standard InChI is InChI=1S/C37H31IN2O8S/c1-5-47-36(44)30-20(2)39-37-40(32(30)31-25-12-7-6-10-23(25)13-14-27(31)45-3)34(41)29(49-37)18-22-16-26(38)33(28(17-22)46-4)48-19-21-9-8-11-24(15-21)35(42)43/h6-18,32H,5,19H2,1-4H3,(H,42,43)/b29-18-/t32-/m0/s1. The summed E-state index contributed by atoms with van der Waals surface area (Å²) in [6.45, 7) is 3.77. The molecule has 1 N–H and O–H groups in total. The predicted octanol–water partition coefficient (Wildman–Crippen LogP) is 5.85. The zero-order valence-electron chi connectivity index (χ0n) is 27.0. The van der Waals surface area contributed by atoms with Crippen molar-refractivity contribution in [3.05, 3.63) is 130 Å². The molecule has 0 saturated carbocycles. The van der Waals surface area contributed by atoms with E-state index in [-0.39, 0.29) is 29.9 Å². The summed E-state index contributed by atoms with van der Waals surface area (Å²) in [5, 5.41) is 11.1. The normalized spacial score (nSPS) is 14.3. The number of esters is 1. The second-order valence-corrected chi connectivity index (χ2v) is 13.2. The van der Waals surface area contributed by atoms with Crippen LogP contribution in [0.25, 0.3) is 16.8 Å². The topological polar surface area (TPSA) is 126 Å². The maximum absolute atomic E-state index is 14.4. The fourth-order valence-electron chi connectivity index (χ4n) is 5.86. The molecule has 10 nitrogen and oxygen atoms in total. The molecular weight excluding hydrogens is 759 g/mol. The van der Waals surface area contributed by atoms with E-state index >= 15 is 0 Å². The Morgan fingerprint density at radius 3 is 2.53 bits per heavy atom. The van der Waals surface area contributed by atoms with Crippen LogP contribution < -0.4 is 29.1 Å². The van der Waals surface area contributed by atoms with Crippen molar-refractivity contribution in [2.75, 3.05) is 20.8 Å². The zero-order chi connectivity index (χ0) is 34.8. The molecule has 49 heavy (non-hydrogen) atoms. The molecular formula is C37H31IN2O8S. The highest BCUT2D eigenvalue weighted by atomic mass is 127. The molecule has 0 amide bonds. The van der Waals surface area contributed by atoms with Crippen LogP contribution in [0.2, 0.25) is 0 Å². The summed E-state index contributed by atoms with van der Waals surface area (Å²) in [4.78, 5) is 44.5. The molecule has 12 heteroatoms. The van der Waals surface area contributed by atoms with Crippen molar-refractivity contribution in [1.82, 2.24) is 4.57 Å². The number of aromatic carboxylic acids is 1. The largest absolute Gasteiger partial charge is 0.496 e. The Morgan fingerprint density at radius 2 is 1.80 bits per heavy atom. The number of aromatic nitrogens is 1. The van der Waals surface area contributed by atoms with Gasteiger partial charge in [-0.05, 0) is 94.7 Å². The number of carbonyl (C=O) groups is 2. The molecule has 4 aromatic carbocycles. The first-order chi connectivity index (χ1) is 23.6. The Morgan fingerprint density at radius 1 is 1.02 bits per heavy atom. The van der Waals surface area contributed by atoms with Gasteiger partial charge in [0.05, 0.1) is 45.8 Å². The highest BCUT2D eigenvalue weighted by Crippen LogP contribution is 2.40. The molecule has 0 bridgehead atoms. The fourth-order valence-corrected chi connectivity index (χ4v) is 7.69. The van der Waals surface area contributed by atoms with Crippen molar-refractivity contribution >= 4 is 62.7 Å². The van der Waals surface area contributed by atoms with E-state index in [1.165, 1.54) is 24.5 Å². The van der Waals surface area contributed by atoms with E-state index in [1.807, 2.05) is 42.5 Å². The number of methoxy groups -OCH3 is 2. The Bertz CT molecular complexity index is 2340. The molecule has 250 valence electrons. The Kier molecular flexibility index (Phi) is 9.88. The molecule has 1 aromatic heterocycles. The fraction of sp³-hybridized carbons (Fsp3) is 0.189. The van der Waals surface area contributed by atoms with E-state index in [4.69, 9.17) is 23.9 Å². The number of benzene rings is 4. The molecule has 1 aliphatic heterocycles. The van der Waals surface area contributed by atoms with Crippen LogP contribution in [0.1, 0.15) is 46.9 Å². The molecule has 0 fully saturated rings. The first-order valence-electron chi connectivity index (χ1n) is 15.2. The zero-order valence-corrected chi connectivity index (χ0v) is 30.0. The monoisotopic (exact) mass is 790 g/mol. The second kappa shape index (κ2) is 14.3. The number of allylic oxidation sites excluding steroid dienone is 1. The molecule has 5 aromatic rings. The number of rotatable bonds is 10. The molecule has 0 radical (unpaired) electrons. The minimum Gasteiger partial charge on any atom is -0.496 e.